The molecular weight excluding hydrogens is 352 g/mol. The second-order valence-corrected chi connectivity index (χ2v) is 8.10. The van der Waals surface area contributed by atoms with Gasteiger partial charge in [0.15, 0.2) is 5.69 Å². The highest BCUT2D eigenvalue weighted by molar-refractivity contribution is 5.93. The number of benzene rings is 1. The summed E-state index contributed by atoms with van der Waals surface area (Å²) in [6, 6.07) is 8.93. The Hall–Kier alpha value is -2.41. The molecule has 2 fully saturated rings. The number of aromatic nitrogens is 3. The second-order valence-electron chi connectivity index (χ2n) is 8.10. The van der Waals surface area contributed by atoms with Crippen molar-refractivity contribution in [3.63, 3.8) is 0 Å². The van der Waals surface area contributed by atoms with Gasteiger partial charge in [0.2, 0.25) is 0 Å². The Balaban J connectivity index is 1.57. The number of carbonyl (C=O) groups excluding carboxylic acids is 1. The zero-order chi connectivity index (χ0) is 19.7. The Morgan fingerprint density at radius 2 is 2.00 bits per heavy atom. The van der Waals surface area contributed by atoms with Crippen molar-refractivity contribution < 1.29 is 4.79 Å². The largest absolute Gasteiger partial charge is 0.378 e. The van der Waals surface area contributed by atoms with E-state index in [1.54, 1.807) is 0 Å². The molecule has 2 aliphatic heterocycles. The third-order valence-electron chi connectivity index (χ3n) is 6.07. The molecule has 7 heteroatoms. The van der Waals surface area contributed by atoms with Crippen LogP contribution in [0, 0.1) is 6.92 Å². The monoisotopic (exact) mass is 382 g/mol. The number of hydrogen-bond acceptors (Lipinski definition) is 5. The van der Waals surface area contributed by atoms with Gasteiger partial charge in [-0.15, -0.1) is 5.10 Å². The molecule has 1 aromatic heterocycles. The molecule has 2 saturated heterocycles. The first-order valence-electron chi connectivity index (χ1n) is 10.3. The number of nitrogens with one attached hydrogen (secondary N) is 1. The smallest absolute Gasteiger partial charge is 0.276 e. The topological polar surface area (TPSA) is 66.3 Å². The van der Waals surface area contributed by atoms with Gasteiger partial charge in [0.25, 0.3) is 5.91 Å². The predicted molar refractivity (Wildman–Crippen MR) is 110 cm³/mol. The van der Waals surface area contributed by atoms with E-state index in [2.05, 4.69) is 44.8 Å². The Morgan fingerprint density at radius 3 is 2.75 bits per heavy atom. The van der Waals surface area contributed by atoms with Gasteiger partial charge in [-0.2, -0.15) is 0 Å². The van der Waals surface area contributed by atoms with Crippen LogP contribution in [0.4, 0.5) is 5.69 Å². The maximum absolute atomic E-state index is 13.4. The zero-order valence-electron chi connectivity index (χ0n) is 17.1. The fourth-order valence-corrected chi connectivity index (χ4v) is 4.44. The molecule has 0 bridgehead atoms. The van der Waals surface area contributed by atoms with Crippen molar-refractivity contribution in [1.82, 2.24) is 25.2 Å². The summed E-state index contributed by atoms with van der Waals surface area (Å²) in [6.45, 7) is 4.73. The Kier molecular flexibility index (Phi) is 5.35. The molecule has 0 spiro atoms. The van der Waals surface area contributed by atoms with E-state index in [9.17, 15) is 4.79 Å². The SMILES string of the molecule is Cc1c(C(=O)N2CCCC2c2cccc(N(C)C)c2)nnn1C1CCNCC1. The van der Waals surface area contributed by atoms with Gasteiger partial charge in [-0.05, 0) is 63.4 Å². The maximum atomic E-state index is 13.4. The fourth-order valence-electron chi connectivity index (χ4n) is 4.44. The fraction of sp³-hybridized carbons (Fsp3) is 0.571. The quantitative estimate of drug-likeness (QED) is 0.880. The van der Waals surface area contributed by atoms with Crippen LogP contribution >= 0.6 is 0 Å². The molecule has 2 aliphatic rings. The van der Waals surface area contributed by atoms with Crippen LogP contribution in [0.15, 0.2) is 24.3 Å². The summed E-state index contributed by atoms with van der Waals surface area (Å²) in [5.74, 6) is 0.00967. The van der Waals surface area contributed by atoms with Crippen molar-refractivity contribution in [2.75, 3.05) is 38.6 Å². The van der Waals surface area contributed by atoms with Gasteiger partial charge in [0, 0.05) is 26.3 Å². The Bertz CT molecular complexity index is 839. The van der Waals surface area contributed by atoms with Crippen LogP contribution in [-0.2, 0) is 0 Å². The van der Waals surface area contributed by atoms with Crippen LogP contribution < -0.4 is 10.2 Å². The van der Waals surface area contributed by atoms with Crippen molar-refractivity contribution in [2.24, 2.45) is 0 Å². The molecule has 7 nitrogen and oxygen atoms in total. The van der Waals surface area contributed by atoms with E-state index in [0.29, 0.717) is 11.7 Å². The van der Waals surface area contributed by atoms with E-state index in [1.165, 1.54) is 5.56 Å². The molecule has 1 atom stereocenters. The number of rotatable bonds is 4. The van der Waals surface area contributed by atoms with Gasteiger partial charge in [-0.1, -0.05) is 17.3 Å². The average molecular weight is 383 g/mol. The molecule has 1 aromatic carbocycles. The Labute approximate surface area is 166 Å². The summed E-state index contributed by atoms with van der Waals surface area (Å²) in [4.78, 5) is 17.4. The summed E-state index contributed by atoms with van der Waals surface area (Å²) in [5, 5.41) is 12.0. The molecular formula is C21H30N6O. The maximum Gasteiger partial charge on any atom is 0.276 e. The van der Waals surface area contributed by atoms with Gasteiger partial charge < -0.3 is 15.1 Å². The Morgan fingerprint density at radius 1 is 1.21 bits per heavy atom. The van der Waals surface area contributed by atoms with Gasteiger partial charge in [0.1, 0.15) is 0 Å². The van der Waals surface area contributed by atoms with Crippen molar-refractivity contribution in [3.05, 3.63) is 41.2 Å². The number of nitrogens with zero attached hydrogens (tertiary/aromatic N) is 5. The standard InChI is InChI=1S/C21H30N6O/c1-15-20(23-24-27(15)17-9-11-22-12-10-17)21(28)26-13-5-8-19(26)16-6-4-7-18(14-16)25(2)3/h4,6-7,14,17,19,22H,5,8-13H2,1-3H3. The number of piperidine rings is 1. The minimum atomic E-state index is 0.00967. The number of likely N-dealkylation sites (tertiary alicyclic amines) is 1. The summed E-state index contributed by atoms with van der Waals surface area (Å²) < 4.78 is 1.96. The highest BCUT2D eigenvalue weighted by Crippen LogP contribution is 2.35. The zero-order valence-corrected chi connectivity index (χ0v) is 17.1. The van der Waals surface area contributed by atoms with Crippen LogP contribution in [0.2, 0.25) is 0 Å². The average Bonchev–Trinajstić information content (AvgIpc) is 3.35. The van der Waals surface area contributed by atoms with Crippen molar-refractivity contribution in [3.8, 4) is 0 Å². The lowest BCUT2D eigenvalue weighted by Gasteiger charge is -2.26. The van der Waals surface area contributed by atoms with Gasteiger partial charge >= 0.3 is 0 Å². The summed E-state index contributed by atoms with van der Waals surface area (Å²) in [6.07, 6.45) is 4.07. The number of carbonyl (C=O) groups is 1. The second kappa shape index (κ2) is 7.91. The van der Waals surface area contributed by atoms with E-state index in [-0.39, 0.29) is 11.9 Å². The third-order valence-corrected chi connectivity index (χ3v) is 6.07. The first-order valence-corrected chi connectivity index (χ1v) is 10.3. The first kappa shape index (κ1) is 18.9. The molecule has 3 heterocycles. The summed E-state index contributed by atoms with van der Waals surface area (Å²) in [5.41, 5.74) is 3.75. The van der Waals surface area contributed by atoms with Gasteiger partial charge in [-0.25, -0.2) is 4.68 Å². The third kappa shape index (κ3) is 3.51. The highest BCUT2D eigenvalue weighted by atomic mass is 16.2. The van der Waals surface area contributed by atoms with Crippen molar-refractivity contribution >= 4 is 11.6 Å². The highest BCUT2D eigenvalue weighted by Gasteiger charge is 2.34. The molecule has 0 radical (unpaired) electrons. The van der Waals surface area contributed by atoms with Crippen LogP contribution in [0.5, 0.6) is 0 Å². The molecule has 1 amide bonds. The van der Waals surface area contributed by atoms with Crippen LogP contribution in [0.3, 0.4) is 0 Å². The van der Waals surface area contributed by atoms with E-state index in [1.807, 2.05) is 30.6 Å². The molecule has 2 aromatic rings. The van der Waals surface area contributed by atoms with Gasteiger partial charge in [0.05, 0.1) is 17.8 Å². The van der Waals surface area contributed by atoms with E-state index >= 15 is 0 Å². The minimum absolute atomic E-state index is 0.00967. The number of amides is 1. The molecule has 28 heavy (non-hydrogen) atoms. The van der Waals surface area contributed by atoms with Crippen molar-refractivity contribution in [2.45, 2.75) is 44.7 Å². The minimum Gasteiger partial charge on any atom is -0.378 e. The number of anilines is 1. The normalized spacial score (nSPS) is 20.5. The van der Waals surface area contributed by atoms with Crippen LogP contribution in [0.1, 0.15) is 59.5 Å². The molecule has 1 N–H and O–H groups in total. The predicted octanol–water partition coefficient (Wildman–Crippen LogP) is 2.55. The lowest BCUT2D eigenvalue weighted by Crippen LogP contribution is -2.32. The lowest BCUT2D eigenvalue weighted by atomic mass is 10.0. The molecule has 4 rings (SSSR count). The first-order chi connectivity index (χ1) is 13.6. The summed E-state index contributed by atoms with van der Waals surface area (Å²) >= 11 is 0. The van der Waals surface area contributed by atoms with Crippen LogP contribution in [-0.4, -0.2) is 59.5 Å². The van der Waals surface area contributed by atoms with Crippen molar-refractivity contribution in [1.29, 1.82) is 0 Å². The van der Waals surface area contributed by atoms with Crippen LogP contribution in [0.25, 0.3) is 0 Å². The van der Waals surface area contributed by atoms with Gasteiger partial charge in [-0.3, -0.25) is 4.79 Å². The number of hydrogen-bond donors (Lipinski definition) is 1. The molecule has 150 valence electrons. The molecule has 0 aliphatic carbocycles. The molecule has 0 saturated carbocycles. The van der Waals surface area contributed by atoms with E-state index in [0.717, 1.165) is 56.7 Å². The lowest BCUT2D eigenvalue weighted by molar-refractivity contribution is 0.0728. The van der Waals surface area contributed by atoms with E-state index in [4.69, 9.17) is 0 Å². The molecule has 1 unspecified atom stereocenters. The summed E-state index contributed by atoms with van der Waals surface area (Å²) in [7, 11) is 4.08. The van der Waals surface area contributed by atoms with E-state index < -0.39 is 0 Å².